The summed E-state index contributed by atoms with van der Waals surface area (Å²) < 4.78 is 11.3. The number of amides is 1. The van der Waals surface area contributed by atoms with Crippen molar-refractivity contribution in [3.8, 4) is 22.8 Å². The number of pyridine rings is 1. The molecule has 148 valence electrons. The van der Waals surface area contributed by atoms with Crippen LogP contribution in [0.5, 0.6) is 11.5 Å². The van der Waals surface area contributed by atoms with Gasteiger partial charge in [-0.25, -0.2) is 0 Å². The lowest BCUT2D eigenvalue weighted by molar-refractivity contribution is -0.122. The second-order valence-electron chi connectivity index (χ2n) is 6.79. The van der Waals surface area contributed by atoms with E-state index in [0.29, 0.717) is 21.5 Å². The monoisotopic (exact) mass is 432 g/mol. The van der Waals surface area contributed by atoms with Crippen molar-refractivity contribution in [2.45, 2.75) is 6.54 Å². The second-order valence-corrected chi connectivity index (χ2v) is 8.47. The van der Waals surface area contributed by atoms with Crippen LogP contribution in [-0.4, -0.2) is 26.9 Å². The van der Waals surface area contributed by atoms with Crippen molar-refractivity contribution in [1.82, 2.24) is 9.88 Å². The lowest BCUT2D eigenvalue weighted by Gasteiger charge is -2.14. The van der Waals surface area contributed by atoms with Gasteiger partial charge in [0.2, 0.25) is 6.79 Å². The summed E-state index contributed by atoms with van der Waals surface area (Å²) in [6, 6.07) is 19.5. The molecular formula is C23H16N2O3S2. The Labute approximate surface area is 183 Å². The van der Waals surface area contributed by atoms with Gasteiger partial charge in [0, 0.05) is 11.8 Å². The molecule has 0 aliphatic carbocycles. The minimum absolute atomic E-state index is 0.0866. The van der Waals surface area contributed by atoms with E-state index in [4.69, 9.17) is 21.7 Å². The first-order valence-corrected chi connectivity index (χ1v) is 10.6. The van der Waals surface area contributed by atoms with E-state index in [2.05, 4.69) is 4.98 Å². The first kappa shape index (κ1) is 18.8. The van der Waals surface area contributed by atoms with Crippen molar-refractivity contribution in [2.75, 3.05) is 6.79 Å². The van der Waals surface area contributed by atoms with Crippen LogP contribution in [0.15, 0.2) is 71.8 Å². The van der Waals surface area contributed by atoms with Crippen LogP contribution < -0.4 is 9.47 Å². The lowest BCUT2D eigenvalue weighted by atomic mass is 10.1. The van der Waals surface area contributed by atoms with E-state index < -0.39 is 0 Å². The highest BCUT2D eigenvalue weighted by Crippen LogP contribution is 2.36. The Balaban J connectivity index is 1.33. The molecule has 1 fully saturated rings. The van der Waals surface area contributed by atoms with Crippen molar-refractivity contribution in [3.05, 3.63) is 82.9 Å². The first-order chi connectivity index (χ1) is 14.7. The minimum Gasteiger partial charge on any atom is -0.454 e. The van der Waals surface area contributed by atoms with Gasteiger partial charge < -0.3 is 9.47 Å². The topological polar surface area (TPSA) is 51.7 Å². The summed E-state index contributed by atoms with van der Waals surface area (Å²) in [5.41, 5.74) is 3.83. The number of hydrogen-bond donors (Lipinski definition) is 0. The van der Waals surface area contributed by atoms with Crippen LogP contribution in [0, 0.1) is 0 Å². The molecule has 0 bridgehead atoms. The Morgan fingerprint density at radius 2 is 1.90 bits per heavy atom. The Kier molecular flexibility index (Phi) is 4.98. The molecule has 0 N–H and O–H groups in total. The number of thiocarbonyl (C=S) groups is 1. The van der Waals surface area contributed by atoms with Crippen LogP contribution in [0.2, 0.25) is 0 Å². The molecule has 1 amide bonds. The highest BCUT2D eigenvalue weighted by Gasteiger charge is 2.32. The zero-order chi connectivity index (χ0) is 20.5. The van der Waals surface area contributed by atoms with Gasteiger partial charge in [0.15, 0.2) is 11.5 Å². The minimum atomic E-state index is -0.0866. The highest BCUT2D eigenvalue weighted by atomic mass is 32.2. The molecule has 7 heteroatoms. The Morgan fingerprint density at radius 3 is 2.70 bits per heavy atom. The standard InChI is InChI=1S/C23H16N2O3S2/c26-22-21(12-15-4-7-17(8-5-15)18-3-1-2-10-24-18)30-23(29)25(22)13-16-6-9-19-20(11-16)28-14-27-19/h1-12H,13-14H2. The van der Waals surface area contributed by atoms with Crippen LogP contribution in [0.3, 0.4) is 0 Å². The maximum absolute atomic E-state index is 12.9. The van der Waals surface area contributed by atoms with Gasteiger partial charge in [-0.2, -0.15) is 0 Å². The number of carbonyl (C=O) groups excluding carboxylic acids is 1. The fraction of sp³-hybridized carbons (Fsp3) is 0.0870. The number of rotatable bonds is 4. The molecule has 1 aromatic heterocycles. The van der Waals surface area contributed by atoms with Gasteiger partial charge in [0.1, 0.15) is 4.32 Å². The van der Waals surface area contributed by atoms with E-state index in [1.54, 1.807) is 11.1 Å². The predicted molar refractivity (Wildman–Crippen MR) is 121 cm³/mol. The third-order valence-corrected chi connectivity index (χ3v) is 6.20. The fourth-order valence-electron chi connectivity index (χ4n) is 3.29. The van der Waals surface area contributed by atoms with Crippen LogP contribution in [0.25, 0.3) is 17.3 Å². The Hall–Kier alpha value is -3.16. The van der Waals surface area contributed by atoms with Gasteiger partial charge in [-0.15, -0.1) is 0 Å². The molecule has 0 spiro atoms. The van der Waals surface area contributed by atoms with E-state index in [1.165, 1.54) is 11.8 Å². The van der Waals surface area contributed by atoms with E-state index in [-0.39, 0.29) is 12.7 Å². The molecule has 0 unspecified atom stereocenters. The number of carbonyl (C=O) groups is 1. The van der Waals surface area contributed by atoms with Crippen LogP contribution in [-0.2, 0) is 11.3 Å². The number of nitrogens with zero attached hydrogens (tertiary/aromatic N) is 2. The molecule has 30 heavy (non-hydrogen) atoms. The van der Waals surface area contributed by atoms with Crippen LogP contribution >= 0.6 is 24.0 Å². The Morgan fingerprint density at radius 1 is 1.07 bits per heavy atom. The number of hydrogen-bond acceptors (Lipinski definition) is 6. The van der Waals surface area contributed by atoms with Gasteiger partial charge in [-0.3, -0.25) is 14.7 Å². The van der Waals surface area contributed by atoms with Gasteiger partial charge in [-0.05, 0) is 41.5 Å². The second kappa shape index (κ2) is 7.93. The van der Waals surface area contributed by atoms with Gasteiger partial charge in [0.05, 0.1) is 17.1 Å². The number of fused-ring (bicyclic) bond motifs is 1. The zero-order valence-electron chi connectivity index (χ0n) is 15.8. The molecular weight excluding hydrogens is 416 g/mol. The largest absolute Gasteiger partial charge is 0.454 e. The van der Waals surface area contributed by atoms with Crippen molar-refractivity contribution in [1.29, 1.82) is 0 Å². The lowest BCUT2D eigenvalue weighted by Crippen LogP contribution is -2.27. The van der Waals surface area contributed by atoms with Gasteiger partial charge in [0.25, 0.3) is 5.91 Å². The van der Waals surface area contributed by atoms with E-state index in [0.717, 1.165) is 28.1 Å². The third kappa shape index (κ3) is 3.69. The summed E-state index contributed by atoms with van der Waals surface area (Å²) in [5, 5.41) is 0. The number of ether oxygens (including phenoxy) is 2. The fourth-order valence-corrected chi connectivity index (χ4v) is 4.55. The van der Waals surface area contributed by atoms with Crippen LogP contribution in [0.4, 0.5) is 0 Å². The number of aromatic nitrogens is 1. The predicted octanol–water partition coefficient (Wildman–Crippen LogP) is 4.88. The Bertz CT molecular complexity index is 1160. The molecule has 3 heterocycles. The molecule has 2 aliphatic heterocycles. The maximum atomic E-state index is 12.9. The summed E-state index contributed by atoms with van der Waals surface area (Å²) in [6.45, 7) is 0.624. The highest BCUT2D eigenvalue weighted by molar-refractivity contribution is 8.26. The molecule has 5 nitrogen and oxygen atoms in total. The summed E-state index contributed by atoms with van der Waals surface area (Å²) in [6.07, 6.45) is 3.65. The van der Waals surface area contributed by atoms with E-state index in [1.807, 2.05) is 66.7 Å². The van der Waals surface area contributed by atoms with Gasteiger partial charge >= 0.3 is 0 Å². The van der Waals surface area contributed by atoms with E-state index in [9.17, 15) is 4.79 Å². The van der Waals surface area contributed by atoms with Crippen molar-refractivity contribution in [2.24, 2.45) is 0 Å². The SMILES string of the molecule is O=C1C(=Cc2ccc(-c3ccccn3)cc2)SC(=S)N1Cc1ccc2c(c1)OCO2. The summed E-state index contributed by atoms with van der Waals surface area (Å²) in [7, 11) is 0. The molecule has 1 saturated heterocycles. The molecule has 5 rings (SSSR count). The molecule has 0 saturated carbocycles. The number of benzene rings is 2. The molecule has 2 aliphatic rings. The summed E-state index contributed by atoms with van der Waals surface area (Å²) in [5.74, 6) is 1.33. The van der Waals surface area contributed by atoms with E-state index >= 15 is 0 Å². The molecule has 0 radical (unpaired) electrons. The third-order valence-electron chi connectivity index (χ3n) is 4.82. The summed E-state index contributed by atoms with van der Waals surface area (Å²) >= 11 is 6.78. The average Bonchev–Trinajstić information content (AvgIpc) is 3.35. The van der Waals surface area contributed by atoms with Crippen molar-refractivity contribution >= 4 is 40.3 Å². The normalized spacial score (nSPS) is 16.5. The van der Waals surface area contributed by atoms with Gasteiger partial charge in [-0.1, -0.05) is 60.4 Å². The molecule has 0 atom stereocenters. The quantitative estimate of drug-likeness (QED) is 0.433. The smallest absolute Gasteiger partial charge is 0.266 e. The van der Waals surface area contributed by atoms with Crippen molar-refractivity contribution in [3.63, 3.8) is 0 Å². The zero-order valence-corrected chi connectivity index (χ0v) is 17.4. The molecule has 2 aromatic carbocycles. The van der Waals surface area contributed by atoms with Crippen molar-refractivity contribution < 1.29 is 14.3 Å². The molecule has 3 aromatic rings. The average molecular weight is 433 g/mol. The summed E-state index contributed by atoms with van der Waals surface area (Å²) in [4.78, 5) is 19.5. The maximum Gasteiger partial charge on any atom is 0.266 e. The number of thioether (sulfide) groups is 1. The first-order valence-electron chi connectivity index (χ1n) is 9.33. The van der Waals surface area contributed by atoms with Crippen LogP contribution in [0.1, 0.15) is 11.1 Å².